The number of nitrogens with two attached hydrogens (primary N) is 1. The molecule has 0 spiro atoms. The molecule has 0 aromatic carbocycles. The van der Waals surface area contributed by atoms with Gasteiger partial charge in [-0.25, -0.2) is 0 Å². The van der Waals surface area contributed by atoms with Crippen LogP contribution in [0.4, 0.5) is 0 Å². The van der Waals surface area contributed by atoms with Crippen LogP contribution in [0.5, 0.6) is 0 Å². The van der Waals surface area contributed by atoms with Crippen molar-refractivity contribution in [3.05, 3.63) is 46.4 Å². The predicted octanol–water partition coefficient (Wildman–Crippen LogP) is 7.90. The van der Waals surface area contributed by atoms with Crippen molar-refractivity contribution in [1.82, 2.24) is 4.90 Å². The lowest BCUT2D eigenvalue weighted by atomic mass is 9.85. The number of piperidine rings is 1. The second-order valence-electron chi connectivity index (χ2n) is 9.44. The van der Waals surface area contributed by atoms with Crippen LogP contribution < -0.4 is 5.73 Å². The van der Waals surface area contributed by atoms with E-state index in [4.69, 9.17) is 5.73 Å². The number of allylic oxidation sites excluding steroid dienone is 5. The Balaban J connectivity index is 2.46. The number of thioether (sulfide) groups is 1. The van der Waals surface area contributed by atoms with Gasteiger partial charge >= 0.3 is 0 Å². The quantitative estimate of drug-likeness (QED) is 0.223. The zero-order chi connectivity index (χ0) is 22.4. The highest BCUT2D eigenvalue weighted by atomic mass is 32.2. The molecule has 1 aliphatic rings. The second kappa shape index (κ2) is 15.8. The van der Waals surface area contributed by atoms with Gasteiger partial charge in [0.25, 0.3) is 0 Å². The van der Waals surface area contributed by atoms with E-state index in [9.17, 15) is 0 Å². The number of hydrogen-bond acceptors (Lipinski definition) is 3. The first kappa shape index (κ1) is 27.1. The van der Waals surface area contributed by atoms with Crippen molar-refractivity contribution < 1.29 is 0 Å². The van der Waals surface area contributed by atoms with Gasteiger partial charge in [-0.3, -0.25) is 4.90 Å². The van der Waals surface area contributed by atoms with Crippen LogP contribution in [0.3, 0.4) is 0 Å². The SMILES string of the molecule is C=C(CCC(C/C=C/CN1CCCCC1)C(C)CC)S/C(C)=C(N)/C=C\CC(C)C. The maximum atomic E-state index is 6.24. The van der Waals surface area contributed by atoms with Crippen molar-refractivity contribution in [3.63, 3.8) is 0 Å². The van der Waals surface area contributed by atoms with Gasteiger partial charge in [-0.1, -0.05) is 77.1 Å². The highest BCUT2D eigenvalue weighted by Crippen LogP contribution is 2.32. The molecule has 1 heterocycles. The van der Waals surface area contributed by atoms with Crippen molar-refractivity contribution in [1.29, 1.82) is 0 Å². The highest BCUT2D eigenvalue weighted by Gasteiger charge is 2.15. The number of nitrogens with zero attached hydrogens (tertiary/aromatic N) is 1. The van der Waals surface area contributed by atoms with Gasteiger partial charge in [0.05, 0.1) is 0 Å². The van der Waals surface area contributed by atoms with Crippen LogP contribution in [-0.4, -0.2) is 24.5 Å². The van der Waals surface area contributed by atoms with Crippen LogP contribution in [0.2, 0.25) is 0 Å². The minimum absolute atomic E-state index is 0.670. The van der Waals surface area contributed by atoms with E-state index in [-0.39, 0.29) is 0 Å². The lowest BCUT2D eigenvalue weighted by Gasteiger charge is -2.25. The van der Waals surface area contributed by atoms with Crippen LogP contribution in [0, 0.1) is 17.8 Å². The summed E-state index contributed by atoms with van der Waals surface area (Å²) >= 11 is 1.76. The maximum Gasteiger partial charge on any atom is 0.0408 e. The zero-order valence-corrected chi connectivity index (χ0v) is 21.3. The third kappa shape index (κ3) is 12.1. The second-order valence-corrected chi connectivity index (χ2v) is 10.8. The minimum atomic E-state index is 0.670. The van der Waals surface area contributed by atoms with Gasteiger partial charge < -0.3 is 5.73 Å². The molecule has 172 valence electrons. The van der Waals surface area contributed by atoms with E-state index in [0.29, 0.717) is 5.92 Å². The lowest BCUT2D eigenvalue weighted by molar-refractivity contribution is 0.251. The molecular weight excluding hydrogens is 384 g/mol. The van der Waals surface area contributed by atoms with Crippen molar-refractivity contribution in [3.8, 4) is 0 Å². The summed E-state index contributed by atoms with van der Waals surface area (Å²) in [4.78, 5) is 4.99. The number of likely N-dealkylation sites (tertiary alicyclic amines) is 1. The zero-order valence-electron chi connectivity index (χ0n) is 20.5. The summed E-state index contributed by atoms with van der Waals surface area (Å²) in [5.41, 5.74) is 7.11. The molecule has 2 nitrogen and oxygen atoms in total. The molecule has 3 heteroatoms. The summed E-state index contributed by atoms with van der Waals surface area (Å²) in [6.07, 6.45) is 19.0. The Kier molecular flexibility index (Phi) is 14.3. The largest absolute Gasteiger partial charge is 0.398 e. The smallest absolute Gasteiger partial charge is 0.0408 e. The fraction of sp³-hybridized carbons (Fsp3) is 0.704. The van der Waals surface area contributed by atoms with E-state index in [1.165, 1.54) is 61.4 Å². The molecule has 0 aromatic rings. The molecule has 1 saturated heterocycles. The standard InChI is InChI=1S/C27H48N2S/c1-7-23(4)26(15-9-12-21-29-19-10-8-11-20-29)18-17-24(5)30-25(6)27(28)16-13-14-22(2)3/h9,12-13,16,22-23,26H,5,7-8,10-11,14-15,17-21,28H2,1-4,6H3/b12-9+,16-13-,27-25-. The molecule has 30 heavy (non-hydrogen) atoms. The van der Waals surface area contributed by atoms with Gasteiger partial charge in [0.2, 0.25) is 0 Å². The summed E-state index contributed by atoms with van der Waals surface area (Å²) in [6, 6.07) is 0. The van der Waals surface area contributed by atoms with Crippen molar-refractivity contribution >= 4 is 11.8 Å². The maximum absolute atomic E-state index is 6.24. The molecule has 0 aliphatic carbocycles. The molecule has 1 rings (SSSR count). The molecule has 0 saturated carbocycles. The average molecular weight is 433 g/mol. The molecule has 0 radical (unpaired) electrons. The fourth-order valence-corrected chi connectivity index (χ4v) is 4.70. The van der Waals surface area contributed by atoms with Gasteiger partial charge in [-0.2, -0.15) is 0 Å². The minimum Gasteiger partial charge on any atom is -0.398 e. The first-order chi connectivity index (χ1) is 14.3. The molecule has 1 fully saturated rings. The third-order valence-corrected chi connectivity index (χ3v) is 7.30. The molecule has 2 unspecified atom stereocenters. The van der Waals surface area contributed by atoms with E-state index in [1.54, 1.807) is 11.8 Å². The Morgan fingerprint density at radius 3 is 2.40 bits per heavy atom. The monoisotopic (exact) mass is 432 g/mol. The number of rotatable bonds is 14. The molecule has 1 aliphatic heterocycles. The van der Waals surface area contributed by atoms with Gasteiger partial charge in [0.1, 0.15) is 0 Å². The summed E-state index contributed by atoms with van der Waals surface area (Å²) in [6.45, 7) is 19.3. The summed E-state index contributed by atoms with van der Waals surface area (Å²) < 4.78 is 0. The molecule has 2 atom stereocenters. The highest BCUT2D eigenvalue weighted by molar-refractivity contribution is 8.06. The Bertz CT molecular complexity index is 567. The van der Waals surface area contributed by atoms with E-state index < -0.39 is 0 Å². The predicted molar refractivity (Wildman–Crippen MR) is 138 cm³/mol. The van der Waals surface area contributed by atoms with Crippen LogP contribution in [-0.2, 0) is 0 Å². The summed E-state index contributed by atoms with van der Waals surface area (Å²) in [5.74, 6) is 2.16. The van der Waals surface area contributed by atoms with Gasteiger partial charge in [-0.15, -0.1) is 0 Å². The first-order valence-corrected chi connectivity index (χ1v) is 13.0. The van der Waals surface area contributed by atoms with Crippen LogP contribution >= 0.6 is 11.8 Å². The third-order valence-electron chi connectivity index (χ3n) is 6.27. The van der Waals surface area contributed by atoms with Gasteiger partial charge in [0.15, 0.2) is 0 Å². The first-order valence-electron chi connectivity index (χ1n) is 12.2. The van der Waals surface area contributed by atoms with Gasteiger partial charge in [0, 0.05) is 17.1 Å². The van der Waals surface area contributed by atoms with Crippen LogP contribution in [0.15, 0.2) is 46.4 Å². The Hall–Kier alpha value is -0.930. The van der Waals surface area contributed by atoms with E-state index >= 15 is 0 Å². The summed E-state index contributed by atoms with van der Waals surface area (Å²) in [5, 5.41) is 0. The average Bonchev–Trinajstić information content (AvgIpc) is 2.72. The lowest BCUT2D eigenvalue weighted by Crippen LogP contribution is -2.29. The Morgan fingerprint density at radius 2 is 1.77 bits per heavy atom. The van der Waals surface area contributed by atoms with Crippen molar-refractivity contribution in [2.75, 3.05) is 19.6 Å². The normalized spacial score (nSPS) is 18.9. The Labute approximate surface area is 192 Å². The topological polar surface area (TPSA) is 29.3 Å². The summed E-state index contributed by atoms with van der Waals surface area (Å²) in [7, 11) is 0. The number of hydrogen-bond donors (Lipinski definition) is 1. The fourth-order valence-electron chi connectivity index (χ4n) is 3.86. The molecule has 0 amide bonds. The molecule has 0 aromatic heterocycles. The van der Waals surface area contributed by atoms with Gasteiger partial charge in [-0.05, 0) is 87.3 Å². The van der Waals surface area contributed by atoms with E-state index in [0.717, 1.165) is 36.9 Å². The molecular formula is C27H48N2S. The van der Waals surface area contributed by atoms with Crippen LogP contribution in [0.1, 0.15) is 86.0 Å². The molecule has 2 N–H and O–H groups in total. The van der Waals surface area contributed by atoms with E-state index in [1.807, 2.05) is 0 Å². The molecule has 0 bridgehead atoms. The van der Waals surface area contributed by atoms with E-state index in [2.05, 4.69) is 70.4 Å². The van der Waals surface area contributed by atoms with Crippen molar-refractivity contribution in [2.45, 2.75) is 86.0 Å². The van der Waals surface area contributed by atoms with Crippen molar-refractivity contribution in [2.24, 2.45) is 23.5 Å². The van der Waals surface area contributed by atoms with Crippen LogP contribution in [0.25, 0.3) is 0 Å². The Morgan fingerprint density at radius 1 is 1.07 bits per heavy atom.